The summed E-state index contributed by atoms with van der Waals surface area (Å²) >= 11 is 0. The van der Waals surface area contributed by atoms with E-state index in [-0.39, 0.29) is 23.7 Å². The molecule has 190 valence electrons. The summed E-state index contributed by atoms with van der Waals surface area (Å²) in [5.41, 5.74) is 0.0373. The van der Waals surface area contributed by atoms with E-state index in [0.29, 0.717) is 31.7 Å². The van der Waals surface area contributed by atoms with Gasteiger partial charge in [-0.2, -0.15) is 0 Å². The average molecular weight is 476 g/mol. The lowest BCUT2D eigenvalue weighted by Gasteiger charge is -2.36. The van der Waals surface area contributed by atoms with E-state index in [4.69, 9.17) is 9.47 Å². The molecule has 1 aliphatic rings. The Morgan fingerprint density at radius 2 is 1.88 bits per heavy atom. The lowest BCUT2D eigenvalue weighted by atomic mass is 9.93. The molecule has 0 radical (unpaired) electrons. The highest BCUT2D eigenvalue weighted by molar-refractivity contribution is 5.95. The van der Waals surface area contributed by atoms with E-state index in [0.717, 1.165) is 24.8 Å². The number of methoxy groups -OCH3 is 1. The van der Waals surface area contributed by atoms with Crippen molar-refractivity contribution >= 4 is 17.6 Å². The molecule has 2 N–H and O–H groups in total. The third kappa shape index (κ3) is 6.79. The first-order chi connectivity index (χ1) is 16.2. The first-order valence-electron chi connectivity index (χ1n) is 12.2. The summed E-state index contributed by atoms with van der Waals surface area (Å²) in [5.74, 6) is 0.127. The Morgan fingerprint density at radius 1 is 1.21 bits per heavy atom. The molecule has 1 aliphatic heterocycles. The first kappa shape index (κ1) is 27.8. The summed E-state index contributed by atoms with van der Waals surface area (Å²) in [6.45, 7) is 8.34. The molecular weight excluding hydrogens is 434 g/mol. The summed E-state index contributed by atoms with van der Waals surface area (Å²) in [4.78, 5) is 41.0. The van der Waals surface area contributed by atoms with Gasteiger partial charge in [-0.1, -0.05) is 25.5 Å². The van der Waals surface area contributed by atoms with Crippen molar-refractivity contribution in [3.8, 4) is 5.75 Å². The molecule has 0 spiro atoms. The zero-order valence-electron chi connectivity index (χ0n) is 21.5. The molecule has 2 rings (SSSR count). The number of likely N-dealkylation sites (N-methyl/N-ethyl adjacent to an activating group) is 1. The van der Waals surface area contributed by atoms with Gasteiger partial charge in [0.25, 0.3) is 0 Å². The van der Waals surface area contributed by atoms with Crippen LogP contribution in [0.25, 0.3) is 0 Å². The fourth-order valence-electron chi connectivity index (χ4n) is 4.42. The normalized spacial score (nSPS) is 20.5. The van der Waals surface area contributed by atoms with E-state index in [1.54, 1.807) is 19.1 Å². The van der Waals surface area contributed by atoms with E-state index in [1.165, 1.54) is 6.92 Å². The maximum Gasteiger partial charge on any atom is 0.246 e. The largest absolute Gasteiger partial charge is 0.497 e. The van der Waals surface area contributed by atoms with Crippen LogP contribution in [0.1, 0.15) is 58.9 Å². The molecule has 1 fully saturated rings. The quantitative estimate of drug-likeness (QED) is 0.426. The molecule has 8 heteroatoms. The van der Waals surface area contributed by atoms with Gasteiger partial charge in [-0.3, -0.25) is 14.4 Å². The number of likely N-dealkylation sites (tertiary alicyclic amines) is 1. The highest BCUT2D eigenvalue weighted by Gasteiger charge is 2.45. The molecule has 34 heavy (non-hydrogen) atoms. The molecule has 0 aliphatic carbocycles. The molecule has 1 aromatic rings. The monoisotopic (exact) mass is 475 g/mol. The summed E-state index contributed by atoms with van der Waals surface area (Å²) in [6.07, 6.45) is 3.25. The van der Waals surface area contributed by atoms with Crippen LogP contribution in [0.15, 0.2) is 24.3 Å². The lowest BCUT2D eigenvalue weighted by molar-refractivity contribution is -0.145. The fourth-order valence-corrected chi connectivity index (χ4v) is 4.42. The molecule has 0 saturated carbocycles. The molecule has 0 aromatic heterocycles. The number of carbonyl (C=O) groups is 3. The topological polar surface area (TPSA) is 97.0 Å². The number of benzene rings is 1. The van der Waals surface area contributed by atoms with Gasteiger partial charge in [-0.05, 0) is 64.8 Å². The third-order valence-corrected chi connectivity index (χ3v) is 6.82. The van der Waals surface area contributed by atoms with Crippen LogP contribution in [0.4, 0.5) is 0 Å². The molecular formula is C26H41N3O5. The molecule has 1 aromatic carbocycles. The van der Waals surface area contributed by atoms with Crippen molar-refractivity contribution in [2.75, 3.05) is 27.3 Å². The molecule has 0 bridgehead atoms. The number of carbonyl (C=O) groups excluding carboxylic acids is 3. The number of unbranched alkanes of at least 4 members (excludes halogenated alkanes) is 1. The third-order valence-electron chi connectivity index (χ3n) is 6.82. The molecule has 1 heterocycles. The van der Waals surface area contributed by atoms with Crippen molar-refractivity contribution in [1.82, 2.24) is 15.5 Å². The van der Waals surface area contributed by atoms with Crippen molar-refractivity contribution in [2.45, 2.75) is 83.5 Å². The number of ketones is 1. The Labute approximate surface area is 203 Å². The van der Waals surface area contributed by atoms with Crippen LogP contribution in [0.3, 0.4) is 0 Å². The second-order valence-corrected chi connectivity index (χ2v) is 9.23. The second-order valence-electron chi connectivity index (χ2n) is 9.23. The number of hydrogen-bond donors (Lipinski definition) is 2. The van der Waals surface area contributed by atoms with E-state index >= 15 is 0 Å². The zero-order valence-corrected chi connectivity index (χ0v) is 21.5. The Hall–Kier alpha value is -2.45. The molecule has 2 amide bonds. The number of ether oxygens (including phenoxy) is 2. The van der Waals surface area contributed by atoms with Crippen LogP contribution in [0.5, 0.6) is 5.75 Å². The predicted molar refractivity (Wildman–Crippen MR) is 132 cm³/mol. The van der Waals surface area contributed by atoms with E-state index in [1.807, 2.05) is 38.1 Å². The molecule has 8 nitrogen and oxygen atoms in total. The van der Waals surface area contributed by atoms with Crippen LogP contribution >= 0.6 is 0 Å². The Balaban J connectivity index is 2.25. The summed E-state index contributed by atoms with van der Waals surface area (Å²) in [7, 11) is 3.30. The van der Waals surface area contributed by atoms with Gasteiger partial charge in [0, 0.05) is 19.6 Å². The van der Waals surface area contributed by atoms with Crippen LogP contribution in [-0.2, 0) is 25.5 Å². The van der Waals surface area contributed by atoms with Crippen molar-refractivity contribution in [3.05, 3.63) is 29.8 Å². The number of hydrogen-bond acceptors (Lipinski definition) is 6. The SMILES string of the molecule is CCCCO[C@H](C)[C@H](NC)C(=O)N[C@@H](Cc1ccc(OC)cc1)C(=O)N1CCC[C@@]1(C)C(C)=O. The van der Waals surface area contributed by atoms with Crippen molar-refractivity contribution < 1.29 is 23.9 Å². The van der Waals surface area contributed by atoms with Gasteiger partial charge in [0.2, 0.25) is 11.8 Å². The van der Waals surface area contributed by atoms with Crippen molar-refractivity contribution in [2.24, 2.45) is 0 Å². The van der Waals surface area contributed by atoms with Gasteiger partial charge < -0.3 is 25.0 Å². The van der Waals surface area contributed by atoms with Crippen LogP contribution in [-0.4, -0.2) is 73.5 Å². The summed E-state index contributed by atoms with van der Waals surface area (Å²) in [5, 5.41) is 5.98. The standard InChI is InChI=1S/C26H41N3O5/c1-7-8-16-34-18(2)23(27-5)24(31)28-22(17-20-10-12-21(33-6)13-11-20)25(32)29-15-9-14-26(29,4)19(3)30/h10-13,18,22-23,27H,7-9,14-17H2,1-6H3,(H,28,31)/t18-,22+,23+,26+/m1/s1. The Kier molecular flexibility index (Phi) is 10.5. The van der Waals surface area contributed by atoms with Gasteiger partial charge >= 0.3 is 0 Å². The number of Topliss-reactive ketones (excluding diaryl/α,β-unsaturated/α-hetero) is 1. The molecule has 0 unspecified atom stereocenters. The highest BCUT2D eigenvalue weighted by Crippen LogP contribution is 2.31. The minimum atomic E-state index is -0.848. The Bertz CT molecular complexity index is 828. The number of nitrogens with one attached hydrogen (secondary N) is 2. The Morgan fingerprint density at radius 3 is 2.44 bits per heavy atom. The lowest BCUT2D eigenvalue weighted by Crippen LogP contribution is -2.60. The minimum Gasteiger partial charge on any atom is -0.497 e. The summed E-state index contributed by atoms with van der Waals surface area (Å²) in [6, 6.07) is 6.00. The molecule has 4 atom stereocenters. The smallest absolute Gasteiger partial charge is 0.246 e. The maximum atomic E-state index is 13.7. The number of rotatable bonds is 13. The first-order valence-corrected chi connectivity index (χ1v) is 12.2. The van der Waals surface area contributed by atoms with E-state index in [9.17, 15) is 14.4 Å². The van der Waals surface area contributed by atoms with Crippen LogP contribution < -0.4 is 15.4 Å². The zero-order chi connectivity index (χ0) is 25.3. The van der Waals surface area contributed by atoms with Crippen molar-refractivity contribution in [1.29, 1.82) is 0 Å². The minimum absolute atomic E-state index is 0.0427. The van der Waals surface area contributed by atoms with Gasteiger partial charge in [-0.25, -0.2) is 0 Å². The predicted octanol–water partition coefficient (Wildman–Crippen LogP) is 2.49. The number of nitrogens with zero attached hydrogens (tertiary/aromatic N) is 1. The van der Waals surface area contributed by atoms with Gasteiger partial charge in [-0.15, -0.1) is 0 Å². The van der Waals surface area contributed by atoms with Gasteiger partial charge in [0.15, 0.2) is 5.78 Å². The molecule has 1 saturated heterocycles. The average Bonchev–Trinajstić information content (AvgIpc) is 3.22. The second kappa shape index (κ2) is 12.9. The van der Waals surface area contributed by atoms with Crippen LogP contribution in [0.2, 0.25) is 0 Å². The van der Waals surface area contributed by atoms with Crippen LogP contribution in [0, 0.1) is 0 Å². The number of amides is 2. The fraction of sp³-hybridized carbons (Fsp3) is 0.654. The van der Waals surface area contributed by atoms with E-state index in [2.05, 4.69) is 17.6 Å². The van der Waals surface area contributed by atoms with Gasteiger partial charge in [0.1, 0.15) is 17.8 Å². The summed E-state index contributed by atoms with van der Waals surface area (Å²) < 4.78 is 11.1. The maximum absolute atomic E-state index is 13.7. The van der Waals surface area contributed by atoms with Crippen molar-refractivity contribution in [3.63, 3.8) is 0 Å². The van der Waals surface area contributed by atoms with Gasteiger partial charge in [0.05, 0.1) is 18.8 Å². The highest BCUT2D eigenvalue weighted by atomic mass is 16.5. The van der Waals surface area contributed by atoms with E-state index < -0.39 is 17.6 Å².